The van der Waals surface area contributed by atoms with Gasteiger partial charge in [-0.1, -0.05) is 28.1 Å². The first-order valence-corrected chi connectivity index (χ1v) is 9.27. The fourth-order valence-electron chi connectivity index (χ4n) is 3.62. The van der Waals surface area contributed by atoms with Crippen LogP contribution in [-0.4, -0.2) is 46.7 Å². The summed E-state index contributed by atoms with van der Waals surface area (Å²) in [6.45, 7) is 0.731. The Morgan fingerprint density at radius 1 is 1.21 bits per heavy atom. The molecule has 2 aliphatic heterocycles. The van der Waals surface area contributed by atoms with Gasteiger partial charge in [0.2, 0.25) is 0 Å². The summed E-state index contributed by atoms with van der Waals surface area (Å²) >= 11 is 3.49. The van der Waals surface area contributed by atoms with E-state index < -0.39 is 18.2 Å². The highest BCUT2D eigenvalue weighted by Gasteiger charge is 2.39. The third kappa shape index (κ3) is 3.98. The van der Waals surface area contributed by atoms with Crippen molar-refractivity contribution in [2.45, 2.75) is 56.8 Å². The van der Waals surface area contributed by atoms with Crippen LogP contribution in [0, 0.1) is 0 Å². The van der Waals surface area contributed by atoms with E-state index in [0.29, 0.717) is 12.8 Å². The molecule has 2 aliphatic rings. The van der Waals surface area contributed by atoms with Crippen molar-refractivity contribution in [2.75, 3.05) is 6.54 Å². The summed E-state index contributed by atoms with van der Waals surface area (Å²) in [5, 5.41) is 9.04. The molecule has 2 saturated heterocycles. The molecule has 1 N–H and O–H groups in total. The maximum Gasteiger partial charge on any atom is 0.332 e. The highest BCUT2D eigenvalue weighted by atomic mass is 79.9. The summed E-state index contributed by atoms with van der Waals surface area (Å²) in [7, 11) is 0. The average Bonchev–Trinajstić information content (AvgIpc) is 3.05. The minimum Gasteiger partial charge on any atom is -0.479 e. The van der Waals surface area contributed by atoms with Crippen LogP contribution in [-0.2, 0) is 20.7 Å². The van der Waals surface area contributed by atoms with Gasteiger partial charge in [-0.05, 0) is 56.2 Å². The van der Waals surface area contributed by atoms with Crippen molar-refractivity contribution in [1.82, 2.24) is 4.90 Å². The normalized spacial score (nSPS) is 27.2. The van der Waals surface area contributed by atoms with E-state index in [-0.39, 0.29) is 11.9 Å². The van der Waals surface area contributed by atoms with Gasteiger partial charge in [0.25, 0.3) is 5.91 Å². The van der Waals surface area contributed by atoms with Crippen molar-refractivity contribution >= 4 is 27.8 Å². The molecule has 0 spiro atoms. The SMILES string of the molecule is O=C(O)[C@H]1CC[C@@H](C(=O)N2CCCCC2Cc2cccc(Br)c2)O1. The summed E-state index contributed by atoms with van der Waals surface area (Å²) in [6.07, 6.45) is 3.38. The number of aliphatic carboxylic acids is 1. The second-order valence-corrected chi connectivity index (χ2v) is 7.46. The molecule has 6 heteroatoms. The van der Waals surface area contributed by atoms with E-state index in [9.17, 15) is 9.59 Å². The predicted octanol–water partition coefficient (Wildman–Crippen LogP) is 3.00. The number of hydrogen-bond donors (Lipinski definition) is 1. The van der Waals surface area contributed by atoms with Crippen molar-refractivity contribution < 1.29 is 19.4 Å². The highest BCUT2D eigenvalue weighted by molar-refractivity contribution is 9.10. The van der Waals surface area contributed by atoms with Crippen molar-refractivity contribution in [3.05, 3.63) is 34.3 Å². The van der Waals surface area contributed by atoms with Crippen LogP contribution in [0.1, 0.15) is 37.7 Å². The summed E-state index contributed by atoms with van der Waals surface area (Å²) in [5.74, 6) is -1.02. The number of rotatable bonds is 4. The third-order valence-electron chi connectivity index (χ3n) is 4.84. The minimum absolute atomic E-state index is 0.0431. The number of carboxylic acids is 1. The molecule has 1 aromatic carbocycles. The average molecular weight is 396 g/mol. The molecule has 130 valence electrons. The molecule has 1 unspecified atom stereocenters. The Morgan fingerprint density at radius 2 is 2.00 bits per heavy atom. The lowest BCUT2D eigenvalue weighted by atomic mass is 9.95. The van der Waals surface area contributed by atoms with E-state index in [4.69, 9.17) is 9.84 Å². The lowest BCUT2D eigenvalue weighted by molar-refractivity contribution is -0.156. The quantitative estimate of drug-likeness (QED) is 0.850. The molecule has 1 aromatic rings. The minimum atomic E-state index is -0.977. The summed E-state index contributed by atoms with van der Waals surface area (Å²) in [6, 6.07) is 8.32. The Balaban J connectivity index is 1.68. The molecule has 0 aromatic heterocycles. The van der Waals surface area contributed by atoms with Gasteiger partial charge in [0.05, 0.1) is 0 Å². The third-order valence-corrected chi connectivity index (χ3v) is 5.33. The van der Waals surface area contributed by atoms with Crippen molar-refractivity contribution in [1.29, 1.82) is 0 Å². The first-order valence-electron chi connectivity index (χ1n) is 8.48. The predicted molar refractivity (Wildman–Crippen MR) is 92.7 cm³/mol. The highest BCUT2D eigenvalue weighted by Crippen LogP contribution is 2.27. The maximum atomic E-state index is 12.8. The number of carboxylic acid groups (broad SMARTS) is 1. The zero-order valence-corrected chi connectivity index (χ0v) is 15.1. The maximum absolute atomic E-state index is 12.8. The van der Waals surface area contributed by atoms with Crippen LogP contribution in [0.2, 0.25) is 0 Å². The van der Waals surface area contributed by atoms with Gasteiger partial charge in [-0.2, -0.15) is 0 Å². The molecular formula is C18H22BrNO4. The molecule has 0 saturated carbocycles. The molecular weight excluding hydrogens is 374 g/mol. The van der Waals surface area contributed by atoms with Gasteiger partial charge in [0.1, 0.15) is 6.10 Å². The first-order chi connectivity index (χ1) is 11.5. The number of amides is 1. The van der Waals surface area contributed by atoms with Gasteiger partial charge >= 0.3 is 5.97 Å². The molecule has 2 heterocycles. The lowest BCUT2D eigenvalue weighted by Gasteiger charge is -2.37. The van der Waals surface area contributed by atoms with E-state index in [1.807, 2.05) is 17.0 Å². The number of carbonyl (C=O) groups is 2. The Morgan fingerprint density at radius 3 is 2.71 bits per heavy atom. The van der Waals surface area contributed by atoms with Crippen LogP contribution in [0.5, 0.6) is 0 Å². The van der Waals surface area contributed by atoms with Gasteiger partial charge in [0.15, 0.2) is 6.10 Å². The van der Waals surface area contributed by atoms with Crippen molar-refractivity contribution in [3.63, 3.8) is 0 Å². The van der Waals surface area contributed by atoms with E-state index in [2.05, 4.69) is 28.1 Å². The Bertz CT molecular complexity index is 621. The molecule has 0 radical (unpaired) electrons. The number of halogens is 1. The van der Waals surface area contributed by atoms with Crippen molar-refractivity contribution in [2.24, 2.45) is 0 Å². The van der Waals surface area contributed by atoms with Crippen LogP contribution in [0.4, 0.5) is 0 Å². The molecule has 2 fully saturated rings. The van der Waals surface area contributed by atoms with Crippen LogP contribution in [0.15, 0.2) is 28.7 Å². The van der Waals surface area contributed by atoms with Gasteiger partial charge in [-0.3, -0.25) is 4.79 Å². The smallest absolute Gasteiger partial charge is 0.332 e. The lowest BCUT2D eigenvalue weighted by Crippen LogP contribution is -2.49. The molecule has 0 aliphatic carbocycles. The summed E-state index contributed by atoms with van der Waals surface area (Å²) < 4.78 is 6.50. The van der Waals surface area contributed by atoms with Crippen molar-refractivity contribution in [3.8, 4) is 0 Å². The largest absolute Gasteiger partial charge is 0.479 e. The van der Waals surface area contributed by atoms with E-state index in [0.717, 1.165) is 36.7 Å². The fraction of sp³-hybridized carbons (Fsp3) is 0.556. The van der Waals surface area contributed by atoms with Gasteiger partial charge in [0, 0.05) is 17.1 Å². The van der Waals surface area contributed by atoms with E-state index in [1.165, 1.54) is 5.56 Å². The van der Waals surface area contributed by atoms with Crippen LogP contribution < -0.4 is 0 Å². The van der Waals surface area contributed by atoms with Crippen LogP contribution in [0.25, 0.3) is 0 Å². The number of benzene rings is 1. The number of carbonyl (C=O) groups excluding carboxylic acids is 1. The molecule has 0 bridgehead atoms. The molecule has 24 heavy (non-hydrogen) atoms. The van der Waals surface area contributed by atoms with Crippen LogP contribution >= 0.6 is 15.9 Å². The molecule has 3 atom stereocenters. The van der Waals surface area contributed by atoms with Gasteiger partial charge < -0.3 is 14.7 Å². The number of piperidine rings is 1. The number of nitrogens with zero attached hydrogens (tertiary/aromatic N) is 1. The monoisotopic (exact) mass is 395 g/mol. The van der Waals surface area contributed by atoms with E-state index in [1.54, 1.807) is 0 Å². The van der Waals surface area contributed by atoms with Gasteiger partial charge in [-0.25, -0.2) is 4.79 Å². The fourth-order valence-corrected chi connectivity index (χ4v) is 4.07. The van der Waals surface area contributed by atoms with Gasteiger partial charge in [-0.15, -0.1) is 0 Å². The topological polar surface area (TPSA) is 66.8 Å². The summed E-state index contributed by atoms with van der Waals surface area (Å²) in [5.41, 5.74) is 1.20. The Hall–Kier alpha value is -1.40. The molecule has 3 rings (SSSR count). The zero-order valence-electron chi connectivity index (χ0n) is 13.5. The Labute approximate surface area is 150 Å². The van der Waals surface area contributed by atoms with Crippen LogP contribution in [0.3, 0.4) is 0 Å². The summed E-state index contributed by atoms with van der Waals surface area (Å²) in [4.78, 5) is 25.8. The number of hydrogen-bond acceptors (Lipinski definition) is 3. The second kappa shape index (κ2) is 7.66. The standard InChI is InChI=1S/C18H22BrNO4/c19-13-5-3-4-12(10-13)11-14-6-1-2-9-20(14)17(21)15-7-8-16(24-15)18(22)23/h3-5,10,14-16H,1-2,6-9,11H2,(H,22,23)/t14?,15-,16+/m0/s1. The second-order valence-electron chi connectivity index (χ2n) is 6.54. The Kier molecular flexibility index (Phi) is 5.56. The number of likely N-dealkylation sites (tertiary alicyclic amines) is 1. The van der Waals surface area contributed by atoms with E-state index >= 15 is 0 Å². The number of ether oxygens (including phenoxy) is 1. The first kappa shape index (κ1) is 17.4. The molecule has 1 amide bonds. The zero-order chi connectivity index (χ0) is 17.1. The molecule has 5 nitrogen and oxygen atoms in total.